The van der Waals surface area contributed by atoms with E-state index in [4.69, 9.17) is 9.84 Å². The number of carboxylic acids is 1. The van der Waals surface area contributed by atoms with Crippen LogP contribution in [0.15, 0.2) is 24.3 Å². The topological polar surface area (TPSA) is 92.7 Å². The zero-order valence-electron chi connectivity index (χ0n) is 12.5. The van der Waals surface area contributed by atoms with Gasteiger partial charge in [0.15, 0.2) is 0 Å². The zero-order chi connectivity index (χ0) is 16.3. The molecule has 1 rings (SSSR count). The first kappa shape index (κ1) is 17.2. The smallest absolute Gasteiger partial charge is 0.418 e. The number of carbonyl (C=O) groups excluding carboxylic acids is 1. The van der Waals surface area contributed by atoms with Crippen LogP contribution >= 0.6 is 0 Å². The lowest BCUT2D eigenvalue weighted by Gasteiger charge is -2.24. The molecule has 2 N–H and O–H groups in total. The summed E-state index contributed by atoms with van der Waals surface area (Å²) in [6, 6.07) is 6.03. The summed E-state index contributed by atoms with van der Waals surface area (Å²) in [6.45, 7) is 5.16. The van der Waals surface area contributed by atoms with Gasteiger partial charge < -0.3 is 9.84 Å². The van der Waals surface area contributed by atoms with Gasteiger partial charge in [-0.05, 0) is 48.6 Å². The van der Waals surface area contributed by atoms with Crippen molar-refractivity contribution < 1.29 is 23.6 Å². The maximum Gasteiger partial charge on any atom is 0.418 e. The van der Waals surface area contributed by atoms with E-state index in [0.29, 0.717) is 5.56 Å². The van der Waals surface area contributed by atoms with Gasteiger partial charge in [-0.2, -0.15) is 0 Å². The Morgan fingerprint density at radius 2 is 1.76 bits per heavy atom. The number of aromatic carboxylic acids is 1. The molecule has 0 saturated carbocycles. The number of thiol groups is 1. The lowest BCUT2D eigenvalue weighted by Crippen LogP contribution is -2.40. The van der Waals surface area contributed by atoms with E-state index in [9.17, 15) is 13.8 Å². The Balaban J connectivity index is 2.69. The summed E-state index contributed by atoms with van der Waals surface area (Å²) in [6.07, 6.45) is 0.720. The molecule has 0 saturated heterocycles. The maximum absolute atomic E-state index is 12.4. The molecule has 0 radical (unpaired) electrons. The van der Waals surface area contributed by atoms with Gasteiger partial charge in [-0.25, -0.2) is 9.59 Å². The summed E-state index contributed by atoms with van der Waals surface area (Å²) < 4.78 is 19.8. The van der Waals surface area contributed by atoms with Gasteiger partial charge in [0.2, 0.25) is 0 Å². The summed E-state index contributed by atoms with van der Waals surface area (Å²) in [4.78, 5) is 22.4. The number of ether oxygens (including phenoxy) is 1. The van der Waals surface area contributed by atoms with E-state index in [1.165, 1.54) is 18.4 Å². The number of rotatable bonds is 4. The van der Waals surface area contributed by atoms with E-state index in [-0.39, 0.29) is 11.3 Å². The molecule has 0 spiro atoms. The third-order valence-corrected chi connectivity index (χ3v) is 4.04. The summed E-state index contributed by atoms with van der Waals surface area (Å²) in [5.41, 5.74) is 0.180. The molecule has 21 heavy (non-hydrogen) atoms. The number of carbonyl (C=O) groups is 2. The fourth-order valence-corrected chi connectivity index (χ4v) is 3.05. The second-order valence-electron chi connectivity index (χ2n) is 5.87. The fourth-order valence-electron chi connectivity index (χ4n) is 1.63. The SMILES string of the molecule is CC(C)(C)OC(=O)N[SH](C)(=O)Cc1ccc(C(=O)O)cc1. The minimum Gasteiger partial charge on any atom is -0.478 e. The van der Waals surface area contributed by atoms with Crippen LogP contribution in [0.25, 0.3) is 0 Å². The van der Waals surface area contributed by atoms with E-state index in [2.05, 4.69) is 4.72 Å². The summed E-state index contributed by atoms with van der Waals surface area (Å²) in [5, 5.41) is 8.81. The molecule has 7 heteroatoms. The monoisotopic (exact) mass is 315 g/mol. The second kappa shape index (κ2) is 6.26. The highest BCUT2D eigenvalue weighted by atomic mass is 32.3. The number of benzene rings is 1. The molecule has 1 aromatic rings. The molecule has 0 aromatic heterocycles. The fraction of sp³-hybridized carbons (Fsp3) is 0.429. The van der Waals surface area contributed by atoms with Crippen molar-refractivity contribution in [3.8, 4) is 0 Å². The first-order valence-corrected chi connectivity index (χ1v) is 8.72. The van der Waals surface area contributed by atoms with Crippen molar-refractivity contribution in [3.63, 3.8) is 0 Å². The Labute approximate surface area is 125 Å². The van der Waals surface area contributed by atoms with Crippen LogP contribution in [0.1, 0.15) is 36.7 Å². The number of amides is 1. The Morgan fingerprint density at radius 3 is 2.19 bits per heavy atom. The lowest BCUT2D eigenvalue weighted by atomic mass is 10.1. The number of nitrogens with one attached hydrogen (secondary N) is 1. The molecule has 1 aromatic carbocycles. The Bertz CT molecular complexity index is 574. The van der Waals surface area contributed by atoms with Crippen LogP contribution in [-0.4, -0.2) is 33.2 Å². The second-order valence-corrected chi connectivity index (χ2v) is 8.62. The molecule has 6 nitrogen and oxygen atoms in total. The van der Waals surface area contributed by atoms with Crippen molar-refractivity contribution in [3.05, 3.63) is 35.4 Å². The predicted molar refractivity (Wildman–Crippen MR) is 81.9 cm³/mol. The van der Waals surface area contributed by atoms with Gasteiger partial charge in [0.05, 0.1) is 5.56 Å². The number of carboxylic acid groups (broad SMARTS) is 1. The molecule has 0 heterocycles. The highest BCUT2D eigenvalue weighted by molar-refractivity contribution is 8.00. The van der Waals surface area contributed by atoms with Crippen molar-refractivity contribution in [2.45, 2.75) is 32.1 Å². The van der Waals surface area contributed by atoms with Gasteiger partial charge in [-0.15, -0.1) is 0 Å². The van der Waals surface area contributed by atoms with Crippen LogP contribution in [0.3, 0.4) is 0 Å². The molecule has 0 aliphatic rings. The Kier molecular flexibility index (Phi) is 5.11. The van der Waals surface area contributed by atoms with Gasteiger partial charge in [0, 0.05) is 12.0 Å². The van der Waals surface area contributed by atoms with E-state index in [1.807, 2.05) is 0 Å². The summed E-state index contributed by atoms with van der Waals surface area (Å²) in [5.74, 6) is -0.889. The van der Waals surface area contributed by atoms with E-state index in [0.717, 1.165) is 0 Å². The quantitative estimate of drug-likeness (QED) is 0.739. The molecule has 0 bridgehead atoms. The van der Waals surface area contributed by atoms with E-state index in [1.54, 1.807) is 32.9 Å². The lowest BCUT2D eigenvalue weighted by molar-refractivity contribution is 0.0570. The van der Waals surface area contributed by atoms with Crippen LogP contribution in [0, 0.1) is 0 Å². The standard InChI is InChI=1S/C14H21NO5S/c1-14(2,3)20-13(18)15-21(4,19)9-10-5-7-11(8-6-10)12(16)17/h5-8,21H,9H2,1-4H3,(H,16,17)(H,15,18,19). The highest BCUT2D eigenvalue weighted by Gasteiger charge is 2.20. The van der Waals surface area contributed by atoms with Gasteiger partial charge in [0.1, 0.15) is 5.60 Å². The average Bonchev–Trinajstić information content (AvgIpc) is 2.24. The average molecular weight is 315 g/mol. The Morgan fingerprint density at radius 1 is 1.24 bits per heavy atom. The zero-order valence-corrected chi connectivity index (χ0v) is 13.4. The maximum atomic E-state index is 12.4. The van der Waals surface area contributed by atoms with Crippen LogP contribution in [0.4, 0.5) is 4.79 Å². The minimum absolute atomic E-state index is 0.131. The van der Waals surface area contributed by atoms with Crippen molar-refractivity contribution in [2.75, 3.05) is 6.26 Å². The van der Waals surface area contributed by atoms with Crippen molar-refractivity contribution in [1.29, 1.82) is 0 Å². The summed E-state index contributed by atoms with van der Waals surface area (Å²) >= 11 is 0. The molecular formula is C14H21NO5S. The molecule has 0 atom stereocenters. The Hall–Kier alpha value is -1.89. The number of hydrogen-bond acceptors (Lipinski definition) is 4. The van der Waals surface area contributed by atoms with Crippen LogP contribution in [0.2, 0.25) is 0 Å². The molecule has 0 fully saturated rings. The van der Waals surface area contributed by atoms with Gasteiger partial charge in [0.25, 0.3) is 0 Å². The third-order valence-electron chi connectivity index (χ3n) is 2.41. The molecule has 0 unspecified atom stereocenters. The molecular weight excluding hydrogens is 294 g/mol. The first-order chi connectivity index (χ1) is 9.48. The normalized spacial score (nSPS) is 12.6. The third kappa shape index (κ3) is 6.40. The molecule has 0 aliphatic carbocycles. The van der Waals surface area contributed by atoms with Crippen molar-refractivity contribution in [1.82, 2.24) is 4.72 Å². The van der Waals surface area contributed by atoms with E-state index >= 15 is 0 Å². The predicted octanol–water partition coefficient (Wildman–Crippen LogP) is 1.97. The van der Waals surface area contributed by atoms with E-state index < -0.39 is 27.8 Å². The van der Waals surface area contributed by atoms with Crippen molar-refractivity contribution in [2.24, 2.45) is 0 Å². The number of hydrogen-bond donors (Lipinski definition) is 3. The van der Waals surface area contributed by atoms with Crippen LogP contribution in [-0.2, 0) is 20.6 Å². The van der Waals surface area contributed by atoms with Gasteiger partial charge in [-0.1, -0.05) is 12.1 Å². The largest absolute Gasteiger partial charge is 0.478 e. The first-order valence-electron chi connectivity index (χ1n) is 6.38. The summed E-state index contributed by atoms with van der Waals surface area (Å²) in [7, 11) is -2.97. The van der Waals surface area contributed by atoms with Crippen LogP contribution < -0.4 is 4.72 Å². The molecule has 118 valence electrons. The minimum atomic E-state index is -2.97. The molecule has 1 amide bonds. The van der Waals surface area contributed by atoms with Crippen molar-refractivity contribution >= 4 is 22.2 Å². The van der Waals surface area contributed by atoms with Gasteiger partial charge >= 0.3 is 12.1 Å². The van der Waals surface area contributed by atoms with Crippen LogP contribution in [0.5, 0.6) is 0 Å². The molecule has 0 aliphatic heterocycles. The van der Waals surface area contributed by atoms with Gasteiger partial charge in [-0.3, -0.25) is 8.93 Å². The highest BCUT2D eigenvalue weighted by Crippen LogP contribution is 2.12.